The van der Waals surface area contributed by atoms with Gasteiger partial charge in [-0.25, -0.2) is 4.39 Å². The Bertz CT molecular complexity index is 723. The molecule has 128 valence electrons. The van der Waals surface area contributed by atoms with Crippen LogP contribution in [-0.2, 0) is 0 Å². The molecule has 0 fully saturated rings. The van der Waals surface area contributed by atoms with E-state index >= 15 is 0 Å². The first-order valence-electron chi connectivity index (χ1n) is 8.08. The largest absolute Gasteiger partial charge is 0.496 e. The summed E-state index contributed by atoms with van der Waals surface area (Å²) in [6.45, 7) is 8.17. The Kier molecular flexibility index (Phi) is 5.60. The zero-order valence-electron chi connectivity index (χ0n) is 14.8. The van der Waals surface area contributed by atoms with Crippen molar-refractivity contribution in [3.63, 3.8) is 0 Å². The van der Waals surface area contributed by atoms with Crippen molar-refractivity contribution in [2.75, 3.05) is 7.11 Å². The fourth-order valence-electron chi connectivity index (χ4n) is 2.77. The lowest BCUT2D eigenvalue weighted by atomic mass is 9.93. The van der Waals surface area contributed by atoms with Crippen LogP contribution in [0.3, 0.4) is 0 Å². The van der Waals surface area contributed by atoms with E-state index in [9.17, 15) is 9.18 Å². The van der Waals surface area contributed by atoms with E-state index < -0.39 is 0 Å². The van der Waals surface area contributed by atoms with Gasteiger partial charge in [-0.3, -0.25) is 4.79 Å². The van der Waals surface area contributed by atoms with Gasteiger partial charge in [-0.2, -0.15) is 0 Å². The lowest BCUT2D eigenvalue weighted by Gasteiger charge is -2.21. The quantitative estimate of drug-likeness (QED) is 0.859. The summed E-state index contributed by atoms with van der Waals surface area (Å²) in [4.78, 5) is 12.3. The molecule has 4 heteroatoms. The maximum atomic E-state index is 13.0. The lowest BCUT2D eigenvalue weighted by Crippen LogP contribution is -2.27. The van der Waals surface area contributed by atoms with Gasteiger partial charge in [-0.15, -0.1) is 0 Å². The minimum Gasteiger partial charge on any atom is -0.496 e. The first-order chi connectivity index (χ1) is 11.3. The van der Waals surface area contributed by atoms with Crippen LogP contribution >= 0.6 is 0 Å². The molecule has 24 heavy (non-hydrogen) atoms. The number of amides is 1. The molecular formula is C20H24FNO2. The Morgan fingerprint density at radius 1 is 1.08 bits per heavy atom. The van der Waals surface area contributed by atoms with Crippen molar-refractivity contribution in [2.45, 2.75) is 39.7 Å². The Morgan fingerprint density at radius 3 is 2.25 bits per heavy atom. The number of hydrogen-bond donors (Lipinski definition) is 1. The molecule has 0 radical (unpaired) electrons. The van der Waals surface area contributed by atoms with E-state index in [4.69, 9.17) is 4.74 Å². The van der Waals surface area contributed by atoms with E-state index in [1.54, 1.807) is 7.11 Å². The number of carbonyl (C=O) groups is 1. The predicted octanol–water partition coefficient (Wildman–Crippen LogP) is 4.76. The maximum absolute atomic E-state index is 13.0. The Balaban J connectivity index is 2.25. The molecule has 3 nitrogen and oxygen atoms in total. The molecule has 0 saturated heterocycles. The number of ether oxygens (including phenoxy) is 1. The zero-order chi connectivity index (χ0) is 17.9. The highest BCUT2D eigenvalue weighted by molar-refractivity contribution is 5.94. The molecule has 0 aromatic heterocycles. The van der Waals surface area contributed by atoms with Gasteiger partial charge >= 0.3 is 0 Å². The van der Waals surface area contributed by atoms with Crippen LogP contribution in [0.4, 0.5) is 4.39 Å². The van der Waals surface area contributed by atoms with Crippen LogP contribution in [0.1, 0.15) is 59.8 Å². The number of carbonyl (C=O) groups excluding carboxylic acids is 1. The lowest BCUT2D eigenvalue weighted by molar-refractivity contribution is 0.0940. The summed E-state index contributed by atoms with van der Waals surface area (Å²) < 4.78 is 18.4. The SMILES string of the molecule is COc1cc(C)c([C@@H](C)NC(=O)c2ccc(F)cc2)cc1C(C)C. The number of hydrogen-bond acceptors (Lipinski definition) is 2. The molecule has 0 aliphatic heterocycles. The molecule has 0 aliphatic rings. The summed E-state index contributed by atoms with van der Waals surface area (Å²) in [7, 11) is 1.67. The highest BCUT2D eigenvalue weighted by Gasteiger charge is 2.17. The molecule has 1 amide bonds. The molecular weight excluding hydrogens is 305 g/mol. The van der Waals surface area contributed by atoms with Crippen LogP contribution in [-0.4, -0.2) is 13.0 Å². The van der Waals surface area contributed by atoms with Gasteiger partial charge < -0.3 is 10.1 Å². The van der Waals surface area contributed by atoms with Crippen molar-refractivity contribution < 1.29 is 13.9 Å². The molecule has 2 aromatic carbocycles. The molecule has 0 heterocycles. The van der Waals surface area contributed by atoms with Crippen LogP contribution in [0.15, 0.2) is 36.4 Å². The van der Waals surface area contributed by atoms with Gasteiger partial charge in [0, 0.05) is 5.56 Å². The summed E-state index contributed by atoms with van der Waals surface area (Å²) in [6, 6.07) is 9.48. The molecule has 2 aromatic rings. The highest BCUT2D eigenvalue weighted by Crippen LogP contribution is 2.32. The molecule has 1 atom stereocenters. The second kappa shape index (κ2) is 7.47. The van der Waals surface area contributed by atoms with E-state index in [1.165, 1.54) is 24.3 Å². The number of halogens is 1. The Morgan fingerprint density at radius 2 is 1.71 bits per heavy atom. The molecule has 0 saturated carbocycles. The molecule has 2 rings (SSSR count). The second-order valence-electron chi connectivity index (χ2n) is 6.31. The van der Waals surface area contributed by atoms with Gasteiger partial charge in [0.15, 0.2) is 0 Å². The fraction of sp³-hybridized carbons (Fsp3) is 0.350. The normalized spacial score (nSPS) is 12.1. The topological polar surface area (TPSA) is 38.3 Å². The Labute approximate surface area is 142 Å². The van der Waals surface area contributed by atoms with Gasteiger partial charge in [0.1, 0.15) is 11.6 Å². The van der Waals surface area contributed by atoms with E-state index in [0.717, 1.165) is 22.4 Å². The summed E-state index contributed by atoms with van der Waals surface area (Å²) in [5.41, 5.74) is 3.66. The number of aryl methyl sites for hydroxylation is 1. The van der Waals surface area contributed by atoms with Crippen LogP contribution in [0.5, 0.6) is 5.75 Å². The van der Waals surface area contributed by atoms with Crippen molar-refractivity contribution in [3.05, 3.63) is 64.5 Å². The van der Waals surface area contributed by atoms with Crippen LogP contribution < -0.4 is 10.1 Å². The molecule has 0 bridgehead atoms. The first kappa shape index (κ1) is 18.0. The molecule has 0 unspecified atom stereocenters. The summed E-state index contributed by atoms with van der Waals surface area (Å²) in [5, 5.41) is 2.97. The van der Waals surface area contributed by atoms with Gasteiger partial charge in [0.05, 0.1) is 13.2 Å². The van der Waals surface area contributed by atoms with Crippen molar-refractivity contribution in [1.82, 2.24) is 5.32 Å². The van der Waals surface area contributed by atoms with Gasteiger partial charge in [0.25, 0.3) is 5.91 Å². The van der Waals surface area contributed by atoms with Gasteiger partial charge in [-0.05, 0) is 72.9 Å². The van der Waals surface area contributed by atoms with Crippen LogP contribution in [0, 0.1) is 12.7 Å². The second-order valence-corrected chi connectivity index (χ2v) is 6.31. The minimum absolute atomic E-state index is 0.161. The smallest absolute Gasteiger partial charge is 0.251 e. The van der Waals surface area contributed by atoms with E-state index in [0.29, 0.717) is 11.5 Å². The van der Waals surface area contributed by atoms with Gasteiger partial charge in [0.2, 0.25) is 0 Å². The van der Waals surface area contributed by atoms with Crippen molar-refractivity contribution in [1.29, 1.82) is 0 Å². The summed E-state index contributed by atoms with van der Waals surface area (Å²) >= 11 is 0. The number of methoxy groups -OCH3 is 1. The van der Waals surface area contributed by atoms with Crippen molar-refractivity contribution in [2.24, 2.45) is 0 Å². The van der Waals surface area contributed by atoms with Crippen molar-refractivity contribution >= 4 is 5.91 Å². The van der Waals surface area contributed by atoms with E-state index in [-0.39, 0.29) is 17.8 Å². The van der Waals surface area contributed by atoms with E-state index in [1.807, 2.05) is 19.9 Å². The summed E-state index contributed by atoms with van der Waals surface area (Å²) in [5.74, 6) is 0.610. The van der Waals surface area contributed by atoms with Crippen molar-refractivity contribution in [3.8, 4) is 5.75 Å². The average Bonchev–Trinajstić information content (AvgIpc) is 2.54. The Hall–Kier alpha value is -2.36. The third-order valence-electron chi connectivity index (χ3n) is 4.16. The third-order valence-corrected chi connectivity index (χ3v) is 4.16. The molecule has 1 N–H and O–H groups in total. The van der Waals surface area contributed by atoms with Crippen LogP contribution in [0.2, 0.25) is 0 Å². The van der Waals surface area contributed by atoms with Gasteiger partial charge in [-0.1, -0.05) is 13.8 Å². The first-order valence-corrected chi connectivity index (χ1v) is 8.08. The fourth-order valence-corrected chi connectivity index (χ4v) is 2.77. The minimum atomic E-state index is -0.354. The highest BCUT2D eigenvalue weighted by atomic mass is 19.1. The maximum Gasteiger partial charge on any atom is 0.251 e. The standard InChI is InChI=1S/C20H24FNO2/c1-12(2)17-11-18(13(3)10-19(17)24-5)14(4)22-20(23)15-6-8-16(21)9-7-15/h6-12,14H,1-5H3,(H,22,23)/t14-/m1/s1. The number of benzene rings is 2. The van der Waals surface area contributed by atoms with E-state index in [2.05, 4.69) is 25.2 Å². The predicted molar refractivity (Wildman–Crippen MR) is 94.1 cm³/mol. The monoisotopic (exact) mass is 329 g/mol. The number of rotatable bonds is 5. The molecule has 0 spiro atoms. The number of nitrogens with one attached hydrogen (secondary N) is 1. The molecule has 0 aliphatic carbocycles. The summed E-state index contributed by atoms with van der Waals surface area (Å²) in [6.07, 6.45) is 0. The third kappa shape index (κ3) is 3.94. The van der Waals surface area contributed by atoms with Crippen LogP contribution in [0.25, 0.3) is 0 Å². The zero-order valence-corrected chi connectivity index (χ0v) is 14.8. The average molecular weight is 329 g/mol.